The summed E-state index contributed by atoms with van der Waals surface area (Å²) < 4.78 is 1.05. The zero-order valence-electron chi connectivity index (χ0n) is 10.5. The summed E-state index contributed by atoms with van der Waals surface area (Å²) in [5.74, 6) is 1.18. The van der Waals surface area contributed by atoms with Crippen LogP contribution in [0.25, 0.3) is 0 Å². The monoisotopic (exact) mass is 315 g/mol. The molecule has 3 heteroatoms. The first-order valence-electron chi connectivity index (χ1n) is 6.42. The largest absolute Gasteiger partial charge is 0.398 e. The van der Waals surface area contributed by atoms with E-state index in [4.69, 9.17) is 5.73 Å². The number of nitrogens with two attached hydrogens (primary N) is 1. The number of hydrogen-bond donors (Lipinski definition) is 1. The first kappa shape index (κ1) is 14.9. The summed E-state index contributed by atoms with van der Waals surface area (Å²) >= 11 is 5.30. The fourth-order valence-corrected chi connectivity index (χ4v) is 3.05. The summed E-state index contributed by atoms with van der Waals surface area (Å²) in [5.41, 5.74) is 6.84. The molecule has 0 aromatic heterocycles. The first-order valence-corrected chi connectivity index (χ1v) is 8.19. The SMILES string of the molecule is CCCCCCCCSc1ccc(Br)cc1N. The van der Waals surface area contributed by atoms with Gasteiger partial charge in [-0.15, -0.1) is 11.8 Å². The van der Waals surface area contributed by atoms with Gasteiger partial charge in [0.2, 0.25) is 0 Å². The number of unbranched alkanes of at least 4 members (excludes halogenated alkanes) is 5. The molecule has 0 saturated carbocycles. The molecule has 2 N–H and O–H groups in total. The molecule has 0 heterocycles. The predicted octanol–water partition coefficient (Wildman–Crippen LogP) is 5.48. The third-order valence-electron chi connectivity index (χ3n) is 2.73. The van der Waals surface area contributed by atoms with Crippen molar-refractivity contribution >= 4 is 33.4 Å². The molecule has 0 saturated heterocycles. The van der Waals surface area contributed by atoms with E-state index in [1.165, 1.54) is 49.2 Å². The van der Waals surface area contributed by atoms with Crippen molar-refractivity contribution in [3.05, 3.63) is 22.7 Å². The Morgan fingerprint density at radius 1 is 1.12 bits per heavy atom. The van der Waals surface area contributed by atoms with Gasteiger partial charge in [-0.25, -0.2) is 0 Å². The van der Waals surface area contributed by atoms with Crippen molar-refractivity contribution in [1.29, 1.82) is 0 Å². The highest BCUT2D eigenvalue weighted by atomic mass is 79.9. The molecule has 0 atom stereocenters. The van der Waals surface area contributed by atoms with Crippen molar-refractivity contribution in [2.24, 2.45) is 0 Å². The molecule has 96 valence electrons. The molecule has 0 fully saturated rings. The van der Waals surface area contributed by atoms with E-state index in [2.05, 4.69) is 35.0 Å². The topological polar surface area (TPSA) is 26.0 Å². The maximum atomic E-state index is 5.95. The second-order valence-electron chi connectivity index (χ2n) is 4.30. The second-order valence-corrected chi connectivity index (χ2v) is 6.35. The van der Waals surface area contributed by atoms with Gasteiger partial charge >= 0.3 is 0 Å². The molecule has 0 unspecified atom stereocenters. The van der Waals surface area contributed by atoms with Gasteiger partial charge in [0, 0.05) is 15.1 Å². The number of thioether (sulfide) groups is 1. The number of hydrogen-bond acceptors (Lipinski definition) is 2. The molecule has 0 amide bonds. The Labute approximate surface area is 118 Å². The lowest BCUT2D eigenvalue weighted by molar-refractivity contribution is 0.627. The molecular weight excluding hydrogens is 294 g/mol. The maximum Gasteiger partial charge on any atom is 0.0463 e. The van der Waals surface area contributed by atoms with E-state index in [0.717, 1.165) is 10.2 Å². The molecule has 0 aliphatic rings. The van der Waals surface area contributed by atoms with Crippen LogP contribution in [0, 0.1) is 0 Å². The first-order chi connectivity index (χ1) is 8.24. The molecular formula is C14H22BrNS. The van der Waals surface area contributed by atoms with Crippen LogP contribution in [0.3, 0.4) is 0 Å². The average Bonchev–Trinajstić information content (AvgIpc) is 2.30. The van der Waals surface area contributed by atoms with Crippen LogP contribution in [0.4, 0.5) is 5.69 Å². The van der Waals surface area contributed by atoms with Gasteiger partial charge in [0.15, 0.2) is 0 Å². The molecule has 0 aliphatic heterocycles. The minimum absolute atomic E-state index is 0.885. The van der Waals surface area contributed by atoms with Crippen LogP contribution < -0.4 is 5.73 Å². The van der Waals surface area contributed by atoms with E-state index in [1.54, 1.807) is 0 Å². The quantitative estimate of drug-likeness (QED) is 0.390. The van der Waals surface area contributed by atoms with Crippen molar-refractivity contribution in [2.45, 2.75) is 50.3 Å². The second kappa shape index (κ2) is 8.87. The molecule has 0 aliphatic carbocycles. The lowest BCUT2D eigenvalue weighted by Crippen LogP contribution is -1.89. The van der Waals surface area contributed by atoms with Gasteiger partial charge < -0.3 is 5.73 Å². The zero-order valence-corrected chi connectivity index (χ0v) is 12.9. The van der Waals surface area contributed by atoms with Crippen LogP contribution >= 0.6 is 27.7 Å². The molecule has 1 aromatic carbocycles. The van der Waals surface area contributed by atoms with Gasteiger partial charge in [-0.2, -0.15) is 0 Å². The minimum atomic E-state index is 0.885. The van der Waals surface area contributed by atoms with Gasteiger partial charge in [0.25, 0.3) is 0 Å². The molecule has 1 aromatic rings. The van der Waals surface area contributed by atoms with Gasteiger partial charge in [-0.1, -0.05) is 55.0 Å². The summed E-state index contributed by atoms with van der Waals surface area (Å²) in [6.45, 7) is 2.26. The van der Waals surface area contributed by atoms with E-state index in [1.807, 2.05) is 17.8 Å². The molecule has 0 spiro atoms. The Hall–Kier alpha value is -0.150. The summed E-state index contributed by atoms with van der Waals surface area (Å²) in [6, 6.07) is 6.13. The minimum Gasteiger partial charge on any atom is -0.398 e. The number of anilines is 1. The van der Waals surface area contributed by atoms with Gasteiger partial charge in [-0.3, -0.25) is 0 Å². The van der Waals surface area contributed by atoms with Crippen LogP contribution in [0.5, 0.6) is 0 Å². The molecule has 0 radical (unpaired) electrons. The van der Waals surface area contributed by atoms with Gasteiger partial charge in [0.1, 0.15) is 0 Å². The van der Waals surface area contributed by atoms with Gasteiger partial charge in [0.05, 0.1) is 0 Å². The maximum absolute atomic E-state index is 5.95. The Balaban J connectivity index is 2.14. The number of benzene rings is 1. The summed E-state index contributed by atoms with van der Waals surface area (Å²) in [4.78, 5) is 1.21. The van der Waals surface area contributed by atoms with Crippen molar-refractivity contribution < 1.29 is 0 Å². The van der Waals surface area contributed by atoms with E-state index in [9.17, 15) is 0 Å². The van der Waals surface area contributed by atoms with Crippen LogP contribution in [-0.4, -0.2) is 5.75 Å². The fourth-order valence-electron chi connectivity index (χ4n) is 1.72. The van der Waals surface area contributed by atoms with Crippen molar-refractivity contribution in [2.75, 3.05) is 11.5 Å². The Morgan fingerprint density at radius 3 is 2.53 bits per heavy atom. The smallest absolute Gasteiger partial charge is 0.0463 e. The lowest BCUT2D eigenvalue weighted by Gasteiger charge is -2.05. The van der Waals surface area contributed by atoms with E-state index in [-0.39, 0.29) is 0 Å². The number of nitrogen functional groups attached to an aromatic ring is 1. The van der Waals surface area contributed by atoms with Gasteiger partial charge in [-0.05, 0) is 30.4 Å². The lowest BCUT2D eigenvalue weighted by atomic mass is 10.1. The number of rotatable bonds is 8. The fraction of sp³-hybridized carbons (Fsp3) is 0.571. The summed E-state index contributed by atoms with van der Waals surface area (Å²) in [7, 11) is 0. The molecule has 17 heavy (non-hydrogen) atoms. The Kier molecular flexibility index (Phi) is 7.78. The van der Waals surface area contributed by atoms with E-state index < -0.39 is 0 Å². The molecule has 0 bridgehead atoms. The zero-order chi connectivity index (χ0) is 12.5. The van der Waals surface area contributed by atoms with Crippen LogP contribution in [0.15, 0.2) is 27.6 Å². The highest BCUT2D eigenvalue weighted by Gasteiger charge is 2.00. The third kappa shape index (κ3) is 6.37. The van der Waals surface area contributed by atoms with Crippen LogP contribution in [0.2, 0.25) is 0 Å². The van der Waals surface area contributed by atoms with E-state index in [0.29, 0.717) is 0 Å². The van der Waals surface area contributed by atoms with Crippen LogP contribution in [-0.2, 0) is 0 Å². The van der Waals surface area contributed by atoms with Crippen molar-refractivity contribution in [1.82, 2.24) is 0 Å². The molecule has 1 nitrogen and oxygen atoms in total. The third-order valence-corrected chi connectivity index (χ3v) is 4.40. The molecule has 1 rings (SSSR count). The van der Waals surface area contributed by atoms with E-state index >= 15 is 0 Å². The standard InChI is InChI=1S/C14H22BrNS/c1-2-3-4-5-6-7-10-17-14-9-8-12(15)11-13(14)16/h8-9,11H,2-7,10,16H2,1H3. The van der Waals surface area contributed by atoms with Crippen molar-refractivity contribution in [3.8, 4) is 0 Å². The van der Waals surface area contributed by atoms with Crippen LogP contribution in [0.1, 0.15) is 45.4 Å². The summed E-state index contributed by atoms with van der Waals surface area (Å²) in [5, 5.41) is 0. The predicted molar refractivity (Wildman–Crippen MR) is 82.7 cm³/mol. The Morgan fingerprint density at radius 2 is 1.82 bits per heavy atom. The highest BCUT2D eigenvalue weighted by Crippen LogP contribution is 2.28. The Bertz CT molecular complexity index is 328. The normalized spacial score (nSPS) is 10.7. The average molecular weight is 316 g/mol. The number of halogens is 1. The van der Waals surface area contributed by atoms with Crippen molar-refractivity contribution in [3.63, 3.8) is 0 Å². The highest BCUT2D eigenvalue weighted by molar-refractivity contribution is 9.10. The summed E-state index contributed by atoms with van der Waals surface area (Å²) in [6.07, 6.45) is 8.12.